The standard InChI is InChI=1S/C12H19NO2S/c1-8(14)9(2)16-7-10-4-5-12(15-3)11(13)6-10/h4-6,8-9,14H,7,13H2,1-3H3. The van der Waals surface area contributed by atoms with E-state index >= 15 is 0 Å². The molecule has 0 aliphatic rings. The van der Waals surface area contributed by atoms with Gasteiger partial charge in [-0.3, -0.25) is 0 Å². The summed E-state index contributed by atoms with van der Waals surface area (Å²) in [5, 5.41) is 9.60. The van der Waals surface area contributed by atoms with Crippen LogP contribution in [0.4, 0.5) is 5.69 Å². The molecule has 0 aliphatic heterocycles. The topological polar surface area (TPSA) is 55.5 Å². The van der Waals surface area contributed by atoms with Crippen LogP contribution in [-0.2, 0) is 5.75 Å². The lowest BCUT2D eigenvalue weighted by atomic mass is 10.2. The van der Waals surface area contributed by atoms with Crippen LogP contribution < -0.4 is 10.5 Å². The minimum Gasteiger partial charge on any atom is -0.495 e. The SMILES string of the molecule is COc1ccc(CSC(C)C(C)O)cc1N. The quantitative estimate of drug-likeness (QED) is 0.777. The molecule has 1 rings (SSSR count). The Balaban J connectivity index is 2.58. The molecule has 4 heteroatoms. The van der Waals surface area contributed by atoms with Crippen molar-refractivity contribution in [3.63, 3.8) is 0 Å². The van der Waals surface area contributed by atoms with Gasteiger partial charge in [0.15, 0.2) is 0 Å². The Morgan fingerprint density at radius 2 is 2.12 bits per heavy atom. The molecule has 0 spiro atoms. The van der Waals surface area contributed by atoms with E-state index < -0.39 is 0 Å². The van der Waals surface area contributed by atoms with Crippen LogP contribution in [0.1, 0.15) is 19.4 Å². The number of nitrogen functional groups attached to an aromatic ring is 1. The third-order valence-electron chi connectivity index (χ3n) is 2.49. The number of methoxy groups -OCH3 is 1. The van der Waals surface area contributed by atoms with Gasteiger partial charge in [0.1, 0.15) is 5.75 Å². The van der Waals surface area contributed by atoms with Crippen LogP contribution >= 0.6 is 11.8 Å². The summed E-state index contributed by atoms with van der Waals surface area (Å²) in [6.07, 6.45) is -0.291. The second kappa shape index (κ2) is 6.01. The van der Waals surface area contributed by atoms with E-state index in [4.69, 9.17) is 10.5 Å². The molecule has 0 aromatic heterocycles. The number of benzene rings is 1. The molecule has 0 heterocycles. The predicted octanol–water partition coefficient (Wildman–Crippen LogP) is 2.28. The number of anilines is 1. The Bertz CT molecular complexity index is 342. The molecular formula is C12H19NO2S. The number of rotatable bonds is 5. The van der Waals surface area contributed by atoms with E-state index in [0.717, 1.165) is 11.3 Å². The van der Waals surface area contributed by atoms with Crippen LogP contribution in [0.2, 0.25) is 0 Å². The van der Waals surface area contributed by atoms with Gasteiger partial charge in [0.2, 0.25) is 0 Å². The maximum Gasteiger partial charge on any atom is 0.141 e. The minimum atomic E-state index is -0.291. The van der Waals surface area contributed by atoms with Crippen molar-refractivity contribution in [2.75, 3.05) is 12.8 Å². The molecule has 3 nitrogen and oxygen atoms in total. The van der Waals surface area contributed by atoms with Gasteiger partial charge in [-0.1, -0.05) is 13.0 Å². The molecule has 0 amide bonds. The lowest BCUT2D eigenvalue weighted by molar-refractivity contribution is 0.196. The number of hydrogen-bond acceptors (Lipinski definition) is 4. The van der Waals surface area contributed by atoms with Crippen LogP contribution in [-0.4, -0.2) is 23.6 Å². The monoisotopic (exact) mass is 241 g/mol. The zero-order chi connectivity index (χ0) is 12.1. The summed E-state index contributed by atoms with van der Waals surface area (Å²) in [5.74, 6) is 1.55. The Morgan fingerprint density at radius 1 is 1.44 bits per heavy atom. The van der Waals surface area contributed by atoms with Crippen LogP contribution in [0.15, 0.2) is 18.2 Å². The summed E-state index contributed by atoms with van der Waals surface area (Å²) < 4.78 is 5.09. The summed E-state index contributed by atoms with van der Waals surface area (Å²) in [6.45, 7) is 3.82. The van der Waals surface area contributed by atoms with Gasteiger partial charge >= 0.3 is 0 Å². The first-order valence-electron chi connectivity index (χ1n) is 5.26. The van der Waals surface area contributed by atoms with E-state index in [-0.39, 0.29) is 11.4 Å². The van der Waals surface area contributed by atoms with Gasteiger partial charge in [0.25, 0.3) is 0 Å². The highest BCUT2D eigenvalue weighted by atomic mass is 32.2. The van der Waals surface area contributed by atoms with Crippen LogP contribution in [0.3, 0.4) is 0 Å². The number of ether oxygens (including phenoxy) is 1. The molecule has 3 N–H and O–H groups in total. The van der Waals surface area contributed by atoms with E-state index in [1.165, 1.54) is 0 Å². The van der Waals surface area contributed by atoms with E-state index in [0.29, 0.717) is 11.4 Å². The molecule has 16 heavy (non-hydrogen) atoms. The molecule has 0 aliphatic carbocycles. The second-order valence-electron chi connectivity index (χ2n) is 3.83. The van der Waals surface area contributed by atoms with Crippen LogP contribution in [0, 0.1) is 0 Å². The van der Waals surface area contributed by atoms with Gasteiger partial charge in [0, 0.05) is 11.0 Å². The molecule has 2 unspecified atom stereocenters. The molecule has 90 valence electrons. The second-order valence-corrected chi connectivity index (χ2v) is 5.20. The average Bonchev–Trinajstić information content (AvgIpc) is 2.25. The average molecular weight is 241 g/mol. The molecule has 0 fully saturated rings. The van der Waals surface area contributed by atoms with Gasteiger partial charge in [-0.15, -0.1) is 0 Å². The lowest BCUT2D eigenvalue weighted by Gasteiger charge is -2.14. The number of hydrogen-bond donors (Lipinski definition) is 2. The highest BCUT2D eigenvalue weighted by Crippen LogP contribution is 2.26. The first kappa shape index (κ1) is 13.2. The highest BCUT2D eigenvalue weighted by molar-refractivity contribution is 7.99. The van der Waals surface area contributed by atoms with Crippen molar-refractivity contribution in [3.8, 4) is 5.75 Å². The van der Waals surface area contributed by atoms with Crippen LogP contribution in [0.25, 0.3) is 0 Å². The predicted molar refractivity (Wildman–Crippen MR) is 69.8 cm³/mol. The Hall–Kier alpha value is -0.870. The molecule has 0 bridgehead atoms. The summed E-state index contributed by atoms with van der Waals surface area (Å²) in [7, 11) is 1.61. The van der Waals surface area contributed by atoms with Crippen molar-refractivity contribution >= 4 is 17.4 Å². The van der Waals surface area contributed by atoms with Gasteiger partial charge in [-0.05, 0) is 24.6 Å². The third-order valence-corrected chi connectivity index (χ3v) is 3.91. The van der Waals surface area contributed by atoms with Gasteiger partial charge in [-0.2, -0.15) is 11.8 Å². The number of thioether (sulfide) groups is 1. The maximum absolute atomic E-state index is 9.37. The van der Waals surface area contributed by atoms with Crippen molar-refractivity contribution in [2.45, 2.75) is 31.0 Å². The molecule has 1 aromatic rings. The van der Waals surface area contributed by atoms with Crippen LogP contribution in [0.5, 0.6) is 5.75 Å². The van der Waals surface area contributed by atoms with Crippen molar-refractivity contribution in [3.05, 3.63) is 23.8 Å². The minimum absolute atomic E-state index is 0.225. The van der Waals surface area contributed by atoms with Crippen molar-refractivity contribution in [1.29, 1.82) is 0 Å². The number of aliphatic hydroxyl groups excluding tert-OH is 1. The lowest BCUT2D eigenvalue weighted by Crippen LogP contribution is -2.15. The summed E-state index contributed by atoms with van der Waals surface area (Å²) in [5.41, 5.74) is 7.62. The number of aliphatic hydroxyl groups is 1. The van der Waals surface area contributed by atoms with Gasteiger partial charge in [-0.25, -0.2) is 0 Å². The molecule has 0 saturated carbocycles. The molecule has 1 aromatic carbocycles. The highest BCUT2D eigenvalue weighted by Gasteiger charge is 2.09. The normalized spacial score (nSPS) is 14.5. The Labute approximate surface area is 101 Å². The fourth-order valence-electron chi connectivity index (χ4n) is 1.24. The fraction of sp³-hybridized carbons (Fsp3) is 0.500. The van der Waals surface area contributed by atoms with Crippen molar-refractivity contribution in [1.82, 2.24) is 0 Å². The Kier molecular flexibility index (Phi) is 4.96. The fourth-order valence-corrected chi connectivity index (χ4v) is 2.15. The van der Waals surface area contributed by atoms with Crippen molar-refractivity contribution < 1.29 is 9.84 Å². The molecular weight excluding hydrogens is 222 g/mol. The summed E-state index contributed by atoms with van der Waals surface area (Å²) in [6, 6.07) is 5.79. The third kappa shape index (κ3) is 3.61. The molecule has 0 saturated heterocycles. The summed E-state index contributed by atoms with van der Waals surface area (Å²) in [4.78, 5) is 0. The Morgan fingerprint density at radius 3 is 2.62 bits per heavy atom. The molecule has 2 atom stereocenters. The maximum atomic E-state index is 9.37. The van der Waals surface area contributed by atoms with E-state index in [1.54, 1.807) is 25.8 Å². The van der Waals surface area contributed by atoms with Gasteiger partial charge < -0.3 is 15.6 Å². The van der Waals surface area contributed by atoms with Crippen molar-refractivity contribution in [2.24, 2.45) is 0 Å². The van der Waals surface area contributed by atoms with Gasteiger partial charge in [0.05, 0.1) is 18.9 Å². The smallest absolute Gasteiger partial charge is 0.141 e. The zero-order valence-electron chi connectivity index (χ0n) is 9.93. The first-order chi connectivity index (χ1) is 7.54. The first-order valence-corrected chi connectivity index (χ1v) is 6.31. The molecule has 0 radical (unpaired) electrons. The van der Waals surface area contributed by atoms with E-state index in [1.807, 2.05) is 25.1 Å². The zero-order valence-corrected chi connectivity index (χ0v) is 10.8. The largest absolute Gasteiger partial charge is 0.495 e. The summed E-state index contributed by atoms with van der Waals surface area (Å²) >= 11 is 1.71. The van der Waals surface area contributed by atoms with E-state index in [9.17, 15) is 5.11 Å². The number of nitrogens with two attached hydrogens (primary N) is 1. The van der Waals surface area contributed by atoms with E-state index in [2.05, 4.69) is 0 Å².